The molecule has 0 N–H and O–H groups in total. The zero-order valence-electron chi connectivity index (χ0n) is 31.3. The van der Waals surface area contributed by atoms with Gasteiger partial charge in [-0.3, -0.25) is 0 Å². The van der Waals surface area contributed by atoms with E-state index in [1.807, 2.05) is 113 Å². The molecule has 10 heteroatoms. The molecule has 0 atom stereocenters. The van der Waals surface area contributed by atoms with Crippen molar-refractivity contribution >= 4 is 113 Å². The van der Waals surface area contributed by atoms with Gasteiger partial charge in [0.05, 0.1) is 14.6 Å². The highest BCUT2D eigenvalue weighted by Crippen LogP contribution is 2.56. The first-order chi connectivity index (χ1) is 27.1. The molecule has 0 fully saturated rings. The monoisotopic (exact) mass is 906 g/mol. The van der Waals surface area contributed by atoms with E-state index in [1.165, 1.54) is 120 Å². The third-order valence-electron chi connectivity index (χ3n) is 9.64. The summed E-state index contributed by atoms with van der Waals surface area (Å²) in [5.41, 5.74) is 5.41. The minimum Gasteiger partial charge on any atom is -0.141 e. The van der Waals surface area contributed by atoms with Crippen molar-refractivity contribution in [1.29, 1.82) is 0 Å². The maximum absolute atomic E-state index is 2.49. The molecule has 10 heterocycles. The molecule has 0 aliphatic rings. The highest BCUT2D eigenvalue weighted by Gasteiger charge is 2.25. The maximum atomic E-state index is 2.49. The Labute approximate surface area is 368 Å². The molecular weight excluding hydrogens is 873 g/mol. The van der Waals surface area contributed by atoms with Crippen molar-refractivity contribution in [2.45, 2.75) is 41.5 Å². The summed E-state index contributed by atoms with van der Waals surface area (Å²) in [5.74, 6) is 0. The zero-order chi connectivity index (χ0) is 38.2. The highest BCUT2D eigenvalue weighted by atomic mass is 32.1. The average Bonchev–Trinajstić information content (AvgIpc) is 4.00. The van der Waals surface area contributed by atoms with Crippen LogP contribution in [-0.2, 0) is 0 Å². The summed E-state index contributed by atoms with van der Waals surface area (Å²) in [6.45, 7) is 13.4. The van der Waals surface area contributed by atoms with Crippen LogP contribution in [-0.4, -0.2) is 0 Å². The van der Waals surface area contributed by atoms with Gasteiger partial charge in [0.2, 0.25) is 0 Å². The Bertz CT molecular complexity index is 2950. The van der Waals surface area contributed by atoms with Crippen LogP contribution in [0.3, 0.4) is 0 Å². The van der Waals surface area contributed by atoms with E-state index in [0.29, 0.717) is 0 Å². The fourth-order valence-electron chi connectivity index (χ4n) is 6.93. The first-order valence-electron chi connectivity index (χ1n) is 18.1. The van der Waals surface area contributed by atoms with Gasteiger partial charge in [0.15, 0.2) is 0 Å². The predicted molar refractivity (Wildman–Crippen MR) is 263 cm³/mol. The number of hydrogen-bond acceptors (Lipinski definition) is 10. The van der Waals surface area contributed by atoms with Crippen LogP contribution in [0.1, 0.15) is 29.3 Å². The topological polar surface area (TPSA) is 0 Å². The van der Waals surface area contributed by atoms with Crippen molar-refractivity contribution in [3.8, 4) is 90.5 Å². The van der Waals surface area contributed by atoms with Gasteiger partial charge >= 0.3 is 0 Å². The molecule has 10 rings (SSSR count). The highest BCUT2D eigenvalue weighted by molar-refractivity contribution is 7.31. The summed E-state index contributed by atoms with van der Waals surface area (Å²) in [6.07, 6.45) is 0. The second-order valence-electron chi connectivity index (χ2n) is 13.9. The van der Waals surface area contributed by atoms with Gasteiger partial charge < -0.3 is 0 Å². The smallest absolute Gasteiger partial charge is 0.0542 e. The molecule has 0 aromatic carbocycles. The average molecular weight is 907 g/mol. The van der Waals surface area contributed by atoms with Gasteiger partial charge in [-0.1, -0.05) is 0 Å². The molecule has 278 valence electrons. The Balaban J connectivity index is 1.12. The van der Waals surface area contributed by atoms with Crippen LogP contribution < -0.4 is 0 Å². The summed E-state index contributed by atoms with van der Waals surface area (Å²) in [4.78, 5) is 27.1. The lowest BCUT2D eigenvalue weighted by atomic mass is 10.1. The normalized spacial score (nSPS) is 11.8. The van der Waals surface area contributed by atoms with E-state index >= 15 is 0 Å². The predicted octanol–water partition coefficient (Wildman–Crippen LogP) is 19.2. The third kappa shape index (κ3) is 7.00. The Kier molecular flexibility index (Phi) is 9.98. The lowest BCUT2D eigenvalue weighted by Gasteiger charge is -2.03. The fourth-order valence-corrected chi connectivity index (χ4v) is 17.7. The molecule has 0 saturated heterocycles. The molecule has 0 aliphatic heterocycles. The van der Waals surface area contributed by atoms with E-state index in [4.69, 9.17) is 0 Å². The molecule has 0 nitrogen and oxygen atoms in total. The number of thiophene rings is 10. The quantitative estimate of drug-likeness (QED) is 0.135. The van der Waals surface area contributed by atoms with Crippen LogP contribution in [0.15, 0.2) is 97.1 Å². The Morgan fingerprint density at radius 3 is 0.982 bits per heavy atom. The number of hydrogen-bond donors (Lipinski definition) is 0. The molecule has 10 aromatic heterocycles. The van der Waals surface area contributed by atoms with E-state index in [2.05, 4.69) is 139 Å². The van der Waals surface area contributed by atoms with E-state index in [0.717, 1.165) is 0 Å². The molecule has 56 heavy (non-hydrogen) atoms. The molecule has 0 radical (unpaired) electrons. The second-order valence-corrected chi connectivity index (χ2v) is 25.8. The first kappa shape index (κ1) is 37.3. The Morgan fingerprint density at radius 2 is 0.536 bits per heavy atom. The lowest BCUT2D eigenvalue weighted by molar-refractivity contribution is 1.63. The Morgan fingerprint density at radius 1 is 0.232 bits per heavy atom. The van der Waals surface area contributed by atoms with Crippen LogP contribution in [0.25, 0.3) is 90.5 Å². The number of rotatable bonds is 9. The van der Waals surface area contributed by atoms with Crippen LogP contribution in [0.4, 0.5) is 0 Å². The summed E-state index contributed by atoms with van der Waals surface area (Å²) in [7, 11) is 0. The van der Waals surface area contributed by atoms with Crippen LogP contribution in [0, 0.1) is 41.5 Å². The Hall–Kier alpha value is -3.00. The minimum atomic E-state index is 1.34. The largest absolute Gasteiger partial charge is 0.141 e. The second kappa shape index (κ2) is 15.0. The van der Waals surface area contributed by atoms with Gasteiger partial charge in [0, 0.05) is 105 Å². The summed E-state index contributed by atoms with van der Waals surface area (Å²) in [6, 6.07) is 37.3. The van der Waals surface area contributed by atoms with Gasteiger partial charge in [0.1, 0.15) is 0 Å². The van der Waals surface area contributed by atoms with Crippen molar-refractivity contribution < 1.29 is 0 Å². The van der Waals surface area contributed by atoms with Crippen molar-refractivity contribution in [2.75, 3.05) is 0 Å². The van der Waals surface area contributed by atoms with Gasteiger partial charge in [-0.15, -0.1) is 113 Å². The van der Waals surface area contributed by atoms with Crippen molar-refractivity contribution in [2.24, 2.45) is 0 Å². The third-order valence-corrected chi connectivity index (χ3v) is 21.3. The minimum absolute atomic E-state index is 1.34. The van der Waals surface area contributed by atoms with Gasteiger partial charge in [0.25, 0.3) is 0 Å². The molecule has 10 aromatic rings. The van der Waals surface area contributed by atoms with Crippen LogP contribution in [0.5, 0.6) is 0 Å². The molecule has 0 spiro atoms. The van der Waals surface area contributed by atoms with Crippen molar-refractivity contribution in [1.82, 2.24) is 0 Å². The molecule has 0 aliphatic carbocycles. The molecule has 0 saturated carbocycles. The molecular formula is C46H34S10. The first-order valence-corrected chi connectivity index (χ1v) is 26.3. The summed E-state index contributed by atoms with van der Waals surface area (Å²) < 4.78 is 0. The number of aryl methyl sites for hydroxylation is 6. The summed E-state index contributed by atoms with van der Waals surface area (Å²) in [5, 5.41) is 0. The van der Waals surface area contributed by atoms with Crippen LogP contribution >= 0.6 is 113 Å². The van der Waals surface area contributed by atoms with E-state index in [1.54, 1.807) is 0 Å². The SMILES string of the molecule is Cc1ccc(-c2ccc(-c3cc(-c4cc(-c5ccc(C)s5)c(-c5sc(-c6cc(-c7ccc(C)s7)c(-c7ccc(C)s7)s6)cc5-c5ccc(C)s5)s4)sc3C)s2)s1. The zero-order valence-corrected chi connectivity index (χ0v) is 39.5. The molecule has 0 amide bonds. The van der Waals surface area contributed by atoms with Gasteiger partial charge in [-0.25, -0.2) is 0 Å². The van der Waals surface area contributed by atoms with Crippen molar-refractivity contribution in [3.05, 3.63) is 126 Å². The van der Waals surface area contributed by atoms with Crippen molar-refractivity contribution in [3.63, 3.8) is 0 Å². The molecule has 0 unspecified atom stereocenters. The van der Waals surface area contributed by atoms with E-state index in [9.17, 15) is 0 Å². The van der Waals surface area contributed by atoms with E-state index < -0.39 is 0 Å². The van der Waals surface area contributed by atoms with Gasteiger partial charge in [-0.05, 0) is 139 Å². The van der Waals surface area contributed by atoms with Gasteiger partial charge in [-0.2, -0.15) is 0 Å². The van der Waals surface area contributed by atoms with Crippen LogP contribution in [0.2, 0.25) is 0 Å². The van der Waals surface area contributed by atoms with E-state index in [-0.39, 0.29) is 0 Å². The lowest BCUT2D eigenvalue weighted by Crippen LogP contribution is -1.75. The standard InChI is InChI=1S/C46H34S10/c1-23-7-12-34(47-23)30-20-42(54-44(30)39-16-11-27(5)51-39)43-22-32(36-14-9-25(3)49-36)46(56-43)45-31(35-13-8-24(2)48-35)21-41(55-45)40-19-29(28(6)52-40)33-17-18-38(53-33)37-15-10-26(4)50-37/h7-22H,1-6H3. The maximum Gasteiger partial charge on any atom is 0.0542 e. The molecule has 0 bridgehead atoms. The summed E-state index contributed by atoms with van der Waals surface area (Å²) >= 11 is 19.2. The fraction of sp³-hybridized carbons (Fsp3) is 0.130.